The molecule has 4 aromatic carbocycles. The van der Waals surface area contributed by atoms with Crippen molar-refractivity contribution in [1.29, 1.82) is 0 Å². The van der Waals surface area contributed by atoms with Crippen LogP contribution < -0.4 is 0 Å². The van der Waals surface area contributed by atoms with Gasteiger partial charge in [-0.1, -0.05) is 117 Å². The number of pyridine rings is 2. The minimum absolute atomic E-state index is 0. The third-order valence-electron chi connectivity index (χ3n) is 9.13. The summed E-state index contributed by atoms with van der Waals surface area (Å²) in [4.78, 5) is 30.4. The monoisotopic (exact) mass is 1170 g/mol. The molecule has 0 bridgehead atoms. The maximum atomic E-state index is 13.2. The third-order valence-corrected chi connectivity index (χ3v) is 9.13. The zero-order chi connectivity index (χ0) is 43.4. The summed E-state index contributed by atoms with van der Waals surface area (Å²) >= 11 is 0. The van der Waals surface area contributed by atoms with Gasteiger partial charge in [0.15, 0.2) is 0 Å². The van der Waals surface area contributed by atoms with Crippen LogP contribution in [0.15, 0.2) is 103 Å². The number of carbonyl (C=O) groups is 2. The van der Waals surface area contributed by atoms with E-state index in [-0.39, 0.29) is 80.9 Å². The van der Waals surface area contributed by atoms with E-state index < -0.39 is 23.8 Å². The van der Waals surface area contributed by atoms with Crippen molar-refractivity contribution in [2.24, 2.45) is 10.8 Å². The van der Waals surface area contributed by atoms with Crippen LogP contribution in [-0.2, 0) is 55.2 Å². The number of rotatable bonds is 6. The molecule has 2 unspecified atom stereocenters. The van der Waals surface area contributed by atoms with Crippen molar-refractivity contribution >= 4 is 33.1 Å². The van der Waals surface area contributed by atoms with Gasteiger partial charge in [-0.25, -0.2) is 8.78 Å². The molecule has 6 aromatic rings. The summed E-state index contributed by atoms with van der Waals surface area (Å²) in [5.74, 6) is -1.19. The molecule has 0 spiro atoms. The van der Waals surface area contributed by atoms with Gasteiger partial charge in [0.1, 0.15) is 11.6 Å². The van der Waals surface area contributed by atoms with E-state index in [1.165, 1.54) is 29.3 Å². The van der Waals surface area contributed by atoms with Gasteiger partial charge in [-0.2, -0.15) is 0 Å². The van der Waals surface area contributed by atoms with Crippen molar-refractivity contribution in [3.05, 3.63) is 133 Å². The average Bonchev–Trinajstić information content (AvgIpc) is 3.13. The molecular weight excluding hydrogens is 1110 g/mol. The Kier molecular flexibility index (Phi) is 21.6. The topological polar surface area (TPSA) is 100 Å². The number of fused-ring (bicyclic) bond motifs is 2. The quantitative estimate of drug-likeness (QED) is 0.161. The second-order valence-corrected chi connectivity index (χ2v) is 17.6. The van der Waals surface area contributed by atoms with Gasteiger partial charge in [-0.05, 0) is 69.7 Å². The van der Waals surface area contributed by atoms with Crippen LogP contribution >= 0.6 is 0 Å². The molecule has 326 valence electrons. The predicted octanol–water partition coefficient (Wildman–Crippen LogP) is 11.7. The molecule has 2 radical (unpaired) electrons. The van der Waals surface area contributed by atoms with Crippen LogP contribution in [0.1, 0.15) is 94.6 Å². The molecule has 0 aliphatic heterocycles. The van der Waals surface area contributed by atoms with Crippen molar-refractivity contribution in [3.63, 3.8) is 0 Å². The summed E-state index contributed by atoms with van der Waals surface area (Å²) in [6, 6.07) is 34.1. The standard InChI is InChI=1S/C19H18N.C15H8F2N.C11H22O2.C5H10O2.2Ir/c1-19(2,3)16-10-8-15(9-11-16)18-17-7-5-4-6-14(17)12-13-20-18;16-12-7-11(8-13(17)9-12)15-14-4-2-1-3-10(14)5-6-18-15;1-10(2,3)8(12)7-9(13)11(4,5)6;1-4(6)3-5(2)7;;/h4-8,10-13H,1-3H3;1-7,9H;8,12H,7H2,1-6H3;4,6H,3H2,1-2H3;;/q2*-1;;;;. The van der Waals surface area contributed by atoms with E-state index in [0.717, 1.165) is 28.1 Å². The Bertz CT molecular complexity index is 2250. The number of nitrogens with zero attached hydrogens (tertiary/aromatic N) is 2. The van der Waals surface area contributed by atoms with Gasteiger partial charge in [-0.15, -0.1) is 53.1 Å². The van der Waals surface area contributed by atoms with Gasteiger partial charge in [0.25, 0.3) is 0 Å². The summed E-state index contributed by atoms with van der Waals surface area (Å²) in [6.07, 6.45) is 3.00. The van der Waals surface area contributed by atoms with E-state index in [9.17, 15) is 23.5 Å². The predicted molar refractivity (Wildman–Crippen MR) is 232 cm³/mol. The van der Waals surface area contributed by atoms with Gasteiger partial charge in [0, 0.05) is 82.5 Å². The molecule has 2 aromatic heterocycles. The smallest absolute Gasteiger partial charge is 0.140 e. The van der Waals surface area contributed by atoms with Gasteiger partial charge < -0.3 is 20.2 Å². The largest absolute Gasteiger partial charge is 0.393 e. The van der Waals surface area contributed by atoms with E-state index in [1.54, 1.807) is 13.1 Å². The second-order valence-electron chi connectivity index (χ2n) is 17.6. The summed E-state index contributed by atoms with van der Waals surface area (Å²) in [7, 11) is 0. The summed E-state index contributed by atoms with van der Waals surface area (Å²) in [5, 5.41) is 22.4. The molecule has 0 fully saturated rings. The molecule has 2 N–H and O–H groups in total. The van der Waals surface area contributed by atoms with Crippen molar-refractivity contribution in [2.45, 2.75) is 107 Å². The van der Waals surface area contributed by atoms with Crippen molar-refractivity contribution in [1.82, 2.24) is 9.97 Å². The van der Waals surface area contributed by atoms with E-state index in [1.807, 2.05) is 84.1 Å². The SMILES string of the molecule is CC(=O)CC(C)O.CC(C)(C)C(=O)CC(O)C(C)(C)C.CC(C)(C)c1c[c-]c(-c2nccc3ccccc23)cc1.Fc1[c-]c(-c2nccc3ccccc23)cc(F)c1.[Ir].[Ir]. The number of halogens is 2. The minimum atomic E-state index is -0.722. The Labute approximate surface area is 382 Å². The Morgan fingerprint density at radius 1 is 0.700 bits per heavy atom. The zero-order valence-corrected chi connectivity index (χ0v) is 41.2. The molecule has 2 atom stereocenters. The molecule has 6 nitrogen and oxygen atoms in total. The first-order valence-corrected chi connectivity index (χ1v) is 19.4. The Morgan fingerprint density at radius 2 is 1.20 bits per heavy atom. The fourth-order valence-electron chi connectivity index (χ4n) is 5.54. The van der Waals surface area contributed by atoms with Crippen LogP contribution in [-0.4, -0.2) is 44.0 Å². The molecule has 10 heteroatoms. The number of aliphatic hydroxyl groups is 2. The number of hydrogen-bond donors (Lipinski definition) is 2. The maximum absolute atomic E-state index is 13.2. The average molecular weight is 1170 g/mol. The van der Waals surface area contributed by atoms with Gasteiger partial charge in [0.05, 0.1) is 12.2 Å². The Morgan fingerprint density at radius 3 is 1.58 bits per heavy atom. The summed E-state index contributed by atoms with van der Waals surface area (Å²) in [5.41, 5.74) is 3.81. The molecule has 60 heavy (non-hydrogen) atoms. The van der Waals surface area contributed by atoms with Crippen LogP contribution in [0, 0.1) is 34.6 Å². The number of aliphatic hydroxyl groups excluding tert-OH is 2. The van der Waals surface area contributed by atoms with Crippen LogP contribution in [0.25, 0.3) is 44.1 Å². The number of aromatic nitrogens is 2. The normalized spacial score (nSPS) is 12.1. The van der Waals surface area contributed by atoms with Gasteiger partial charge in [0.2, 0.25) is 0 Å². The fourth-order valence-corrected chi connectivity index (χ4v) is 5.54. The fraction of sp³-hybridized carbons (Fsp3) is 0.360. The third kappa shape index (κ3) is 17.2. The van der Waals surface area contributed by atoms with E-state index in [0.29, 0.717) is 11.3 Å². The molecule has 0 saturated heterocycles. The van der Waals surface area contributed by atoms with E-state index in [2.05, 4.69) is 85.3 Å². The van der Waals surface area contributed by atoms with E-state index >= 15 is 0 Å². The number of ketones is 2. The first-order valence-electron chi connectivity index (χ1n) is 19.4. The van der Waals surface area contributed by atoms with Crippen molar-refractivity contribution < 1.29 is 68.8 Å². The number of benzene rings is 4. The van der Waals surface area contributed by atoms with E-state index in [4.69, 9.17) is 5.11 Å². The zero-order valence-electron chi connectivity index (χ0n) is 36.4. The van der Waals surface area contributed by atoms with Crippen molar-refractivity contribution in [2.75, 3.05) is 0 Å². The molecule has 0 aliphatic carbocycles. The Balaban J connectivity index is 0.000000418. The molecular formula is C50H58F2Ir2N2O4-2. The number of Topliss-reactive ketones (excluding diaryl/α,β-unsaturated/α-hetero) is 2. The molecule has 0 saturated carbocycles. The minimum Gasteiger partial charge on any atom is -0.393 e. The number of hydrogen-bond acceptors (Lipinski definition) is 6. The van der Waals surface area contributed by atoms with Crippen LogP contribution in [0.5, 0.6) is 0 Å². The van der Waals surface area contributed by atoms with Gasteiger partial charge >= 0.3 is 0 Å². The first-order chi connectivity index (χ1) is 27.0. The molecule has 6 rings (SSSR count). The maximum Gasteiger partial charge on any atom is 0.140 e. The Hall–Kier alpha value is -3.88. The molecule has 2 heterocycles. The van der Waals surface area contributed by atoms with Crippen LogP contribution in [0.4, 0.5) is 8.78 Å². The second kappa shape index (κ2) is 23.9. The van der Waals surface area contributed by atoms with Gasteiger partial charge in [-0.3, -0.25) is 9.59 Å². The molecule has 0 aliphatic rings. The summed E-state index contributed by atoms with van der Waals surface area (Å²) in [6.45, 7) is 21.2. The van der Waals surface area contributed by atoms with Crippen LogP contribution in [0.2, 0.25) is 0 Å². The molecule has 0 amide bonds. The summed E-state index contributed by atoms with van der Waals surface area (Å²) < 4.78 is 26.4. The number of carbonyl (C=O) groups excluding carboxylic acids is 2. The van der Waals surface area contributed by atoms with Crippen molar-refractivity contribution in [3.8, 4) is 22.5 Å². The van der Waals surface area contributed by atoms with Crippen LogP contribution in [0.3, 0.4) is 0 Å². The first kappa shape index (κ1) is 54.1.